The van der Waals surface area contributed by atoms with E-state index in [0.29, 0.717) is 24.2 Å². The zero-order valence-electron chi connectivity index (χ0n) is 27.3. The third-order valence-corrected chi connectivity index (χ3v) is 6.89. The summed E-state index contributed by atoms with van der Waals surface area (Å²) in [5.74, 6) is -0.913. The zero-order chi connectivity index (χ0) is 30.9. The van der Waals surface area contributed by atoms with Gasteiger partial charge in [-0.05, 0) is 12.0 Å². The van der Waals surface area contributed by atoms with Crippen molar-refractivity contribution in [2.75, 3.05) is 40.9 Å². The molecule has 1 rings (SSSR count). The molecule has 0 saturated carbocycles. The smallest absolute Gasteiger partial charge is 0.309 e. The van der Waals surface area contributed by atoms with Gasteiger partial charge in [-0.3, -0.25) is 9.59 Å². The van der Waals surface area contributed by atoms with E-state index in [1.54, 1.807) is 0 Å². The molecule has 42 heavy (non-hydrogen) atoms. The molecule has 0 aliphatic carbocycles. The SMILES string of the molecule is CCCCCCCCCCCCCCCCOOC(COC(=O)CC(C[N+](C)(C)C)OC(C)=O)OCc1ccccc1. The maximum Gasteiger partial charge on any atom is 0.309 e. The van der Waals surface area contributed by atoms with Crippen LogP contribution in [-0.2, 0) is 40.2 Å². The molecular formula is C34H60NO7+. The Morgan fingerprint density at radius 2 is 1.33 bits per heavy atom. The topological polar surface area (TPSA) is 80.3 Å². The van der Waals surface area contributed by atoms with Crippen molar-refractivity contribution in [1.29, 1.82) is 0 Å². The normalized spacial score (nSPS) is 13.1. The van der Waals surface area contributed by atoms with Crippen molar-refractivity contribution >= 4 is 11.9 Å². The van der Waals surface area contributed by atoms with Crippen LogP contribution in [0, 0.1) is 0 Å². The molecule has 1 aromatic carbocycles. The lowest BCUT2D eigenvalue weighted by Gasteiger charge is -2.28. The standard InChI is InChI=1S/C34H60NO7/c1-6-7-8-9-10-11-12-13-14-15-16-17-18-22-25-40-42-34(39-28-31-23-20-19-21-24-31)29-38-33(37)26-32(41-30(2)36)27-35(3,4)5/h19-21,23-24,32,34H,6-18,22,25-29H2,1-5H3/q+1. The van der Waals surface area contributed by atoms with Crippen molar-refractivity contribution in [2.45, 2.75) is 129 Å². The van der Waals surface area contributed by atoms with Crippen LogP contribution in [0.4, 0.5) is 0 Å². The van der Waals surface area contributed by atoms with Gasteiger partial charge >= 0.3 is 11.9 Å². The predicted molar refractivity (Wildman–Crippen MR) is 166 cm³/mol. The van der Waals surface area contributed by atoms with Gasteiger partial charge in [-0.1, -0.05) is 121 Å². The molecule has 0 heterocycles. The fourth-order valence-corrected chi connectivity index (χ4v) is 4.74. The monoisotopic (exact) mass is 594 g/mol. The van der Waals surface area contributed by atoms with Crippen molar-refractivity contribution in [2.24, 2.45) is 0 Å². The summed E-state index contributed by atoms with van der Waals surface area (Å²) < 4.78 is 17.1. The summed E-state index contributed by atoms with van der Waals surface area (Å²) in [5, 5.41) is 0. The molecule has 242 valence electrons. The number of benzene rings is 1. The number of carbonyl (C=O) groups excluding carboxylic acids is 2. The van der Waals surface area contributed by atoms with Crippen LogP contribution in [0.1, 0.15) is 116 Å². The van der Waals surface area contributed by atoms with Crippen LogP contribution in [0.2, 0.25) is 0 Å². The number of nitrogens with zero attached hydrogens (tertiary/aromatic N) is 1. The van der Waals surface area contributed by atoms with Gasteiger partial charge in [0.2, 0.25) is 6.29 Å². The first kappa shape index (κ1) is 38.0. The lowest BCUT2D eigenvalue weighted by Crippen LogP contribution is -2.44. The first-order valence-corrected chi connectivity index (χ1v) is 16.3. The van der Waals surface area contributed by atoms with Crippen LogP contribution >= 0.6 is 0 Å². The molecule has 2 unspecified atom stereocenters. The number of carbonyl (C=O) groups is 2. The highest BCUT2D eigenvalue weighted by Crippen LogP contribution is 2.14. The quantitative estimate of drug-likeness (QED) is 0.0260. The minimum atomic E-state index is -0.869. The number of esters is 2. The lowest BCUT2D eigenvalue weighted by molar-refractivity contribution is -0.873. The molecule has 0 fully saturated rings. The van der Waals surface area contributed by atoms with Crippen LogP contribution in [-0.4, -0.2) is 69.7 Å². The van der Waals surface area contributed by atoms with E-state index in [1.807, 2.05) is 51.5 Å². The van der Waals surface area contributed by atoms with Crippen LogP contribution in [0.25, 0.3) is 0 Å². The molecule has 0 aliphatic heterocycles. The lowest BCUT2D eigenvalue weighted by atomic mass is 10.0. The third-order valence-electron chi connectivity index (χ3n) is 6.89. The summed E-state index contributed by atoms with van der Waals surface area (Å²) in [6.07, 6.45) is 16.6. The molecular weight excluding hydrogens is 534 g/mol. The number of rotatable bonds is 27. The molecule has 0 amide bonds. The minimum Gasteiger partial charge on any atom is -0.460 e. The minimum absolute atomic E-state index is 0.0413. The van der Waals surface area contributed by atoms with Crippen molar-refractivity contribution in [3.05, 3.63) is 35.9 Å². The van der Waals surface area contributed by atoms with Gasteiger partial charge in [0.05, 0.1) is 40.8 Å². The van der Waals surface area contributed by atoms with Crippen molar-refractivity contribution in [3.8, 4) is 0 Å². The fraction of sp³-hybridized carbons (Fsp3) is 0.765. The molecule has 2 atom stereocenters. The largest absolute Gasteiger partial charge is 0.460 e. The summed E-state index contributed by atoms with van der Waals surface area (Å²) in [6, 6.07) is 9.71. The van der Waals surface area contributed by atoms with E-state index in [9.17, 15) is 9.59 Å². The molecule has 8 nitrogen and oxygen atoms in total. The van der Waals surface area contributed by atoms with Crippen LogP contribution < -0.4 is 0 Å². The molecule has 8 heteroatoms. The Bertz CT molecular complexity index is 797. The highest BCUT2D eigenvalue weighted by atomic mass is 17.2. The number of quaternary nitrogens is 1. The second kappa shape index (κ2) is 24.4. The van der Waals surface area contributed by atoms with E-state index in [-0.39, 0.29) is 13.0 Å². The van der Waals surface area contributed by atoms with E-state index in [0.717, 1.165) is 18.4 Å². The molecule has 0 aliphatic rings. The van der Waals surface area contributed by atoms with Crippen LogP contribution in [0.5, 0.6) is 0 Å². The van der Waals surface area contributed by atoms with Crippen LogP contribution in [0.3, 0.4) is 0 Å². The number of ether oxygens (including phenoxy) is 3. The Kier molecular flexibility index (Phi) is 22.1. The Hall–Kier alpha value is -2.00. The fourth-order valence-electron chi connectivity index (χ4n) is 4.74. The van der Waals surface area contributed by atoms with Gasteiger partial charge in [0.1, 0.15) is 13.2 Å². The van der Waals surface area contributed by atoms with Crippen molar-refractivity contribution < 1.29 is 38.1 Å². The second-order valence-corrected chi connectivity index (χ2v) is 12.3. The Labute approximate surface area is 255 Å². The van der Waals surface area contributed by atoms with Gasteiger partial charge in [0.25, 0.3) is 0 Å². The Morgan fingerprint density at radius 3 is 1.86 bits per heavy atom. The molecule has 0 bridgehead atoms. The first-order valence-electron chi connectivity index (χ1n) is 16.3. The second-order valence-electron chi connectivity index (χ2n) is 12.3. The summed E-state index contributed by atoms with van der Waals surface area (Å²) in [4.78, 5) is 35.0. The maximum absolute atomic E-state index is 12.6. The van der Waals surface area contributed by atoms with Crippen molar-refractivity contribution in [3.63, 3.8) is 0 Å². The first-order chi connectivity index (χ1) is 20.2. The van der Waals surface area contributed by atoms with Gasteiger partial charge in [0, 0.05) is 6.92 Å². The van der Waals surface area contributed by atoms with E-state index in [4.69, 9.17) is 24.0 Å². The Balaban J connectivity index is 2.28. The van der Waals surface area contributed by atoms with E-state index in [2.05, 4.69) is 6.92 Å². The number of hydrogen-bond donors (Lipinski definition) is 0. The molecule has 0 saturated heterocycles. The number of hydrogen-bond acceptors (Lipinski definition) is 7. The van der Waals surface area contributed by atoms with E-state index < -0.39 is 24.3 Å². The average Bonchev–Trinajstić information content (AvgIpc) is 2.93. The summed E-state index contributed by atoms with van der Waals surface area (Å²) in [5.41, 5.74) is 0.974. The molecule has 0 N–H and O–H groups in total. The highest BCUT2D eigenvalue weighted by molar-refractivity contribution is 5.71. The van der Waals surface area contributed by atoms with E-state index >= 15 is 0 Å². The van der Waals surface area contributed by atoms with Crippen LogP contribution in [0.15, 0.2) is 30.3 Å². The number of unbranched alkanes of at least 4 members (excludes halogenated alkanes) is 13. The van der Waals surface area contributed by atoms with Gasteiger partial charge < -0.3 is 18.7 Å². The zero-order valence-corrected chi connectivity index (χ0v) is 27.3. The highest BCUT2D eigenvalue weighted by Gasteiger charge is 2.25. The van der Waals surface area contributed by atoms with Gasteiger partial charge in [0.15, 0.2) is 6.10 Å². The number of likely N-dealkylation sites (N-methyl/N-ethyl adjacent to an activating group) is 1. The molecule has 1 aromatic rings. The summed E-state index contributed by atoms with van der Waals surface area (Å²) >= 11 is 0. The maximum atomic E-state index is 12.6. The van der Waals surface area contributed by atoms with E-state index in [1.165, 1.54) is 84.0 Å². The molecule has 0 radical (unpaired) electrons. The van der Waals surface area contributed by atoms with Gasteiger partial charge in [-0.2, -0.15) is 0 Å². The summed E-state index contributed by atoms with van der Waals surface area (Å²) in [6.45, 7) is 4.72. The van der Waals surface area contributed by atoms with Gasteiger partial charge in [-0.15, -0.1) is 0 Å². The van der Waals surface area contributed by atoms with Gasteiger partial charge in [-0.25, -0.2) is 9.78 Å². The molecule has 0 aromatic heterocycles. The Morgan fingerprint density at radius 1 is 0.786 bits per heavy atom. The average molecular weight is 595 g/mol. The van der Waals surface area contributed by atoms with Crippen molar-refractivity contribution in [1.82, 2.24) is 0 Å². The predicted octanol–water partition coefficient (Wildman–Crippen LogP) is 7.53. The third kappa shape index (κ3) is 23.6. The molecule has 0 spiro atoms. The summed E-state index contributed by atoms with van der Waals surface area (Å²) in [7, 11) is 5.91.